The SMILES string of the molecule is O=C(CSc1nnc(CNc2ccc(Cl)cc2)n1-c1ccccc1)Nc1cccc2ccccc12. The summed E-state index contributed by atoms with van der Waals surface area (Å²) in [5, 5.41) is 18.6. The van der Waals surface area contributed by atoms with Crippen LogP contribution in [0.25, 0.3) is 16.5 Å². The van der Waals surface area contributed by atoms with Crippen LogP contribution in [0.3, 0.4) is 0 Å². The number of benzene rings is 4. The molecule has 0 bridgehead atoms. The third-order valence-corrected chi connectivity index (χ3v) is 6.59. The third kappa shape index (κ3) is 5.48. The fourth-order valence-corrected chi connectivity index (χ4v) is 4.64. The molecule has 0 aliphatic rings. The van der Waals surface area contributed by atoms with Gasteiger partial charge in [0.1, 0.15) is 0 Å². The number of fused-ring (bicyclic) bond motifs is 1. The van der Waals surface area contributed by atoms with Gasteiger partial charge in [-0.3, -0.25) is 9.36 Å². The number of carbonyl (C=O) groups is 1. The molecule has 1 heterocycles. The Labute approximate surface area is 212 Å². The quantitative estimate of drug-likeness (QED) is 0.241. The normalized spacial score (nSPS) is 10.9. The molecule has 0 spiro atoms. The smallest absolute Gasteiger partial charge is 0.234 e. The highest BCUT2D eigenvalue weighted by molar-refractivity contribution is 7.99. The van der Waals surface area contributed by atoms with Gasteiger partial charge >= 0.3 is 0 Å². The molecule has 35 heavy (non-hydrogen) atoms. The van der Waals surface area contributed by atoms with Crippen molar-refractivity contribution in [1.29, 1.82) is 0 Å². The minimum atomic E-state index is -0.102. The summed E-state index contributed by atoms with van der Waals surface area (Å²) < 4.78 is 1.97. The number of nitrogens with zero attached hydrogens (tertiary/aromatic N) is 3. The number of amides is 1. The molecule has 0 radical (unpaired) electrons. The van der Waals surface area contributed by atoms with Gasteiger partial charge in [-0.25, -0.2) is 0 Å². The number of carbonyl (C=O) groups excluding carboxylic acids is 1. The number of nitrogens with one attached hydrogen (secondary N) is 2. The second-order valence-electron chi connectivity index (χ2n) is 7.79. The van der Waals surface area contributed by atoms with E-state index >= 15 is 0 Å². The Bertz CT molecular complexity index is 1450. The van der Waals surface area contributed by atoms with Crippen LogP contribution in [0.2, 0.25) is 5.02 Å². The predicted molar refractivity (Wildman–Crippen MR) is 143 cm³/mol. The number of anilines is 2. The molecule has 0 aliphatic carbocycles. The molecule has 0 atom stereocenters. The molecule has 0 saturated carbocycles. The number of rotatable bonds is 8. The van der Waals surface area contributed by atoms with Gasteiger partial charge < -0.3 is 10.6 Å². The predicted octanol–water partition coefficient (Wildman–Crippen LogP) is 6.42. The largest absolute Gasteiger partial charge is 0.378 e. The number of hydrogen-bond donors (Lipinski definition) is 2. The molecule has 8 heteroatoms. The first kappa shape index (κ1) is 23.0. The maximum absolute atomic E-state index is 12.8. The fraction of sp³-hybridized carbons (Fsp3) is 0.0741. The van der Waals surface area contributed by atoms with Crippen LogP contribution >= 0.6 is 23.4 Å². The standard InChI is InChI=1S/C27H22ClN5OS/c28-20-13-15-21(16-14-20)29-17-25-31-32-27(33(25)22-9-2-1-3-10-22)35-18-26(34)30-24-12-6-8-19-7-4-5-11-23(19)24/h1-16,29H,17-18H2,(H,30,34). The Morgan fingerprint density at radius 1 is 0.857 bits per heavy atom. The summed E-state index contributed by atoms with van der Waals surface area (Å²) >= 11 is 7.34. The van der Waals surface area contributed by atoms with Crippen LogP contribution in [-0.2, 0) is 11.3 Å². The Kier molecular flexibility index (Phi) is 6.97. The van der Waals surface area contributed by atoms with Gasteiger partial charge in [0, 0.05) is 27.5 Å². The Balaban J connectivity index is 1.32. The lowest BCUT2D eigenvalue weighted by atomic mass is 10.1. The first-order valence-corrected chi connectivity index (χ1v) is 12.4. The number of aromatic nitrogens is 3. The number of para-hydroxylation sites is 1. The van der Waals surface area contributed by atoms with Gasteiger partial charge in [0.15, 0.2) is 11.0 Å². The molecule has 2 N–H and O–H groups in total. The fourth-order valence-electron chi connectivity index (χ4n) is 3.74. The summed E-state index contributed by atoms with van der Waals surface area (Å²) in [7, 11) is 0. The zero-order valence-corrected chi connectivity index (χ0v) is 20.3. The number of halogens is 1. The van der Waals surface area contributed by atoms with Crippen LogP contribution in [0.4, 0.5) is 11.4 Å². The lowest BCUT2D eigenvalue weighted by Crippen LogP contribution is -2.15. The monoisotopic (exact) mass is 499 g/mol. The molecule has 4 aromatic carbocycles. The van der Waals surface area contributed by atoms with E-state index in [0.29, 0.717) is 16.7 Å². The number of hydrogen-bond acceptors (Lipinski definition) is 5. The van der Waals surface area contributed by atoms with Crippen molar-refractivity contribution in [2.24, 2.45) is 0 Å². The van der Waals surface area contributed by atoms with Gasteiger partial charge in [0.25, 0.3) is 0 Å². The van der Waals surface area contributed by atoms with E-state index in [9.17, 15) is 4.79 Å². The topological polar surface area (TPSA) is 71.8 Å². The van der Waals surface area contributed by atoms with E-state index in [1.165, 1.54) is 11.8 Å². The molecular formula is C27H22ClN5OS. The zero-order chi connectivity index (χ0) is 24.0. The Morgan fingerprint density at radius 2 is 1.60 bits per heavy atom. The van der Waals surface area contributed by atoms with E-state index in [4.69, 9.17) is 11.6 Å². The molecule has 1 aromatic heterocycles. The van der Waals surface area contributed by atoms with E-state index < -0.39 is 0 Å². The molecule has 0 fully saturated rings. The van der Waals surface area contributed by atoms with E-state index in [0.717, 1.165) is 33.7 Å². The maximum Gasteiger partial charge on any atom is 0.234 e. The van der Waals surface area contributed by atoms with Crippen LogP contribution in [-0.4, -0.2) is 26.4 Å². The van der Waals surface area contributed by atoms with Gasteiger partial charge in [-0.05, 0) is 47.9 Å². The van der Waals surface area contributed by atoms with Crippen molar-refractivity contribution in [2.45, 2.75) is 11.7 Å². The molecule has 0 unspecified atom stereocenters. The first-order chi connectivity index (χ1) is 17.2. The van der Waals surface area contributed by atoms with Crippen molar-refractivity contribution >= 4 is 51.4 Å². The van der Waals surface area contributed by atoms with Crippen LogP contribution in [0.5, 0.6) is 0 Å². The third-order valence-electron chi connectivity index (χ3n) is 5.41. The average molecular weight is 500 g/mol. The molecular weight excluding hydrogens is 478 g/mol. The molecule has 6 nitrogen and oxygen atoms in total. The molecule has 5 aromatic rings. The highest BCUT2D eigenvalue weighted by atomic mass is 35.5. The average Bonchev–Trinajstić information content (AvgIpc) is 3.31. The van der Waals surface area contributed by atoms with Gasteiger partial charge in [-0.2, -0.15) is 0 Å². The summed E-state index contributed by atoms with van der Waals surface area (Å²) in [5.74, 6) is 0.844. The molecule has 0 saturated heterocycles. The van der Waals surface area contributed by atoms with Crippen molar-refractivity contribution in [3.05, 3.63) is 108 Å². The van der Waals surface area contributed by atoms with Crippen LogP contribution in [0.1, 0.15) is 5.82 Å². The van der Waals surface area contributed by atoms with Crippen molar-refractivity contribution in [1.82, 2.24) is 14.8 Å². The van der Waals surface area contributed by atoms with E-state index in [2.05, 4.69) is 20.8 Å². The summed E-state index contributed by atoms with van der Waals surface area (Å²) in [5.41, 5.74) is 2.66. The highest BCUT2D eigenvalue weighted by Gasteiger charge is 2.16. The molecule has 0 aliphatic heterocycles. The van der Waals surface area contributed by atoms with Gasteiger partial charge in [0.2, 0.25) is 5.91 Å². The first-order valence-electron chi connectivity index (χ1n) is 11.1. The summed E-state index contributed by atoms with van der Waals surface area (Å²) in [6.45, 7) is 0.465. The lowest BCUT2D eigenvalue weighted by molar-refractivity contribution is -0.113. The van der Waals surface area contributed by atoms with Crippen LogP contribution < -0.4 is 10.6 Å². The van der Waals surface area contributed by atoms with Crippen molar-refractivity contribution in [2.75, 3.05) is 16.4 Å². The zero-order valence-electron chi connectivity index (χ0n) is 18.7. The highest BCUT2D eigenvalue weighted by Crippen LogP contribution is 2.25. The van der Waals surface area contributed by atoms with Gasteiger partial charge in [-0.1, -0.05) is 78.0 Å². The van der Waals surface area contributed by atoms with Crippen LogP contribution in [0.15, 0.2) is 102 Å². The summed E-state index contributed by atoms with van der Waals surface area (Å²) in [6, 6.07) is 31.3. The maximum atomic E-state index is 12.8. The Hall–Kier alpha value is -3.81. The lowest BCUT2D eigenvalue weighted by Gasteiger charge is -2.12. The van der Waals surface area contributed by atoms with Gasteiger partial charge in [0.05, 0.1) is 12.3 Å². The molecule has 5 rings (SSSR count). The molecule has 1 amide bonds. The molecule has 174 valence electrons. The van der Waals surface area contributed by atoms with Gasteiger partial charge in [-0.15, -0.1) is 10.2 Å². The second kappa shape index (κ2) is 10.6. The second-order valence-corrected chi connectivity index (χ2v) is 9.17. The number of thioether (sulfide) groups is 1. The van der Waals surface area contributed by atoms with Crippen molar-refractivity contribution in [3.8, 4) is 5.69 Å². The van der Waals surface area contributed by atoms with Crippen molar-refractivity contribution in [3.63, 3.8) is 0 Å². The van der Waals surface area contributed by atoms with E-state index in [1.807, 2.05) is 102 Å². The minimum Gasteiger partial charge on any atom is -0.378 e. The van der Waals surface area contributed by atoms with Crippen molar-refractivity contribution < 1.29 is 4.79 Å². The minimum absolute atomic E-state index is 0.102. The Morgan fingerprint density at radius 3 is 2.43 bits per heavy atom. The van der Waals surface area contributed by atoms with Crippen LogP contribution in [0, 0.1) is 0 Å². The summed E-state index contributed by atoms with van der Waals surface area (Å²) in [4.78, 5) is 12.8. The van der Waals surface area contributed by atoms with E-state index in [-0.39, 0.29) is 11.7 Å². The summed E-state index contributed by atoms with van der Waals surface area (Å²) in [6.07, 6.45) is 0. The van der Waals surface area contributed by atoms with E-state index in [1.54, 1.807) is 0 Å².